The average molecular weight is 329 g/mol. The Labute approximate surface area is 147 Å². The van der Waals surface area contributed by atoms with Gasteiger partial charge in [-0.05, 0) is 36.1 Å². The number of benzene rings is 2. The predicted molar refractivity (Wildman–Crippen MR) is 96.5 cm³/mol. The van der Waals surface area contributed by atoms with Crippen LogP contribution in [0.2, 0.25) is 0 Å². The van der Waals surface area contributed by atoms with Crippen LogP contribution in [0.1, 0.15) is 29.5 Å². The van der Waals surface area contributed by atoms with Crippen molar-refractivity contribution in [3.05, 3.63) is 71.6 Å². The Morgan fingerprint density at radius 2 is 1.88 bits per heavy atom. The third-order valence-corrected chi connectivity index (χ3v) is 4.66. The fourth-order valence-corrected chi connectivity index (χ4v) is 3.50. The van der Waals surface area contributed by atoms with E-state index in [0.29, 0.717) is 30.9 Å². The van der Waals surface area contributed by atoms with E-state index in [1.807, 2.05) is 30.3 Å². The highest BCUT2D eigenvalue weighted by molar-refractivity contribution is 5.51. The molecule has 0 N–H and O–H groups in total. The smallest absolute Gasteiger partial charge is 0.247 e. The molecule has 0 fully saturated rings. The van der Waals surface area contributed by atoms with Crippen LogP contribution in [0.25, 0.3) is 11.5 Å². The summed E-state index contributed by atoms with van der Waals surface area (Å²) in [4.78, 5) is 2.24. The van der Waals surface area contributed by atoms with Crippen molar-refractivity contribution in [1.29, 1.82) is 0 Å². The first kappa shape index (κ1) is 15.6. The lowest BCUT2D eigenvalue weighted by atomic mass is 10.1. The van der Waals surface area contributed by atoms with Crippen LogP contribution in [-0.4, -0.2) is 21.6 Å². The summed E-state index contributed by atoms with van der Waals surface area (Å²) < 4.78 is 5.86. The molecule has 124 valence electrons. The first-order valence-electron chi connectivity index (χ1n) is 8.48. The third-order valence-electron chi connectivity index (χ3n) is 4.66. The number of terminal acetylenes is 1. The summed E-state index contributed by atoms with van der Waals surface area (Å²) in [7, 11) is 0. The number of aromatic nitrogens is 2. The quantitative estimate of drug-likeness (QED) is 0.667. The van der Waals surface area contributed by atoms with Gasteiger partial charge in [0, 0.05) is 11.6 Å². The van der Waals surface area contributed by atoms with E-state index in [-0.39, 0.29) is 0 Å². The molecule has 1 heterocycles. The third kappa shape index (κ3) is 3.19. The first-order chi connectivity index (χ1) is 12.3. The molecule has 1 aromatic heterocycles. The largest absolute Gasteiger partial charge is 0.419 e. The first-order valence-corrected chi connectivity index (χ1v) is 8.48. The van der Waals surface area contributed by atoms with E-state index >= 15 is 0 Å². The van der Waals surface area contributed by atoms with Gasteiger partial charge in [-0.25, -0.2) is 0 Å². The number of rotatable bonds is 5. The summed E-state index contributed by atoms with van der Waals surface area (Å²) in [5.74, 6) is 3.91. The molecule has 0 bridgehead atoms. The highest BCUT2D eigenvalue weighted by Gasteiger charge is 2.28. The van der Waals surface area contributed by atoms with Crippen LogP contribution in [0.3, 0.4) is 0 Å². The van der Waals surface area contributed by atoms with Crippen molar-refractivity contribution < 1.29 is 4.42 Å². The summed E-state index contributed by atoms with van der Waals surface area (Å²) in [6.45, 7) is 1.12. The van der Waals surface area contributed by atoms with E-state index in [9.17, 15) is 0 Å². The zero-order valence-electron chi connectivity index (χ0n) is 13.9. The number of aryl methyl sites for hydroxylation is 1. The van der Waals surface area contributed by atoms with Gasteiger partial charge in [0.2, 0.25) is 11.8 Å². The van der Waals surface area contributed by atoms with Gasteiger partial charge in [0.15, 0.2) is 0 Å². The second-order valence-electron chi connectivity index (χ2n) is 6.23. The molecule has 0 aliphatic heterocycles. The minimum absolute atomic E-state index is 0.305. The molecule has 3 aromatic rings. The average Bonchev–Trinajstić information content (AvgIpc) is 3.29. The molecule has 0 radical (unpaired) electrons. The molecule has 1 aliphatic rings. The minimum atomic E-state index is 0.305. The van der Waals surface area contributed by atoms with Crippen LogP contribution in [-0.2, 0) is 13.0 Å². The Kier molecular flexibility index (Phi) is 4.32. The maximum absolute atomic E-state index is 5.86. The molecule has 0 spiro atoms. The van der Waals surface area contributed by atoms with Crippen molar-refractivity contribution in [2.24, 2.45) is 0 Å². The molecule has 0 saturated heterocycles. The van der Waals surface area contributed by atoms with Crippen molar-refractivity contribution in [3.63, 3.8) is 0 Å². The maximum atomic E-state index is 5.86. The SMILES string of the molecule is C#CCN(Cc1nnc(-c2ccccc2)o1)[C@H]1CCc2ccccc21. The van der Waals surface area contributed by atoms with Gasteiger partial charge < -0.3 is 4.42 Å². The van der Waals surface area contributed by atoms with E-state index in [0.717, 1.165) is 18.4 Å². The van der Waals surface area contributed by atoms with E-state index < -0.39 is 0 Å². The maximum Gasteiger partial charge on any atom is 0.247 e. The van der Waals surface area contributed by atoms with Gasteiger partial charge in [0.1, 0.15) is 0 Å². The summed E-state index contributed by atoms with van der Waals surface area (Å²) in [6, 6.07) is 18.7. The summed E-state index contributed by atoms with van der Waals surface area (Å²) in [5.41, 5.74) is 3.70. The minimum Gasteiger partial charge on any atom is -0.419 e. The molecule has 0 saturated carbocycles. The van der Waals surface area contributed by atoms with Gasteiger partial charge >= 0.3 is 0 Å². The topological polar surface area (TPSA) is 42.2 Å². The second-order valence-corrected chi connectivity index (χ2v) is 6.23. The second kappa shape index (κ2) is 6.92. The van der Waals surface area contributed by atoms with Crippen molar-refractivity contribution in [3.8, 4) is 23.8 Å². The molecule has 25 heavy (non-hydrogen) atoms. The van der Waals surface area contributed by atoms with Crippen LogP contribution >= 0.6 is 0 Å². The molecular formula is C21H19N3O. The van der Waals surface area contributed by atoms with E-state index in [2.05, 4.69) is 45.3 Å². The number of nitrogens with zero attached hydrogens (tertiary/aromatic N) is 3. The summed E-state index contributed by atoms with van der Waals surface area (Å²) in [6.07, 6.45) is 7.76. The monoisotopic (exact) mass is 329 g/mol. The molecule has 0 unspecified atom stereocenters. The standard InChI is InChI=1S/C21H19N3O/c1-2-14-24(19-13-12-16-8-6-7-11-18(16)19)15-20-22-23-21(25-20)17-9-4-3-5-10-17/h1,3-11,19H,12-15H2/t19-/m0/s1. The van der Waals surface area contributed by atoms with Gasteiger partial charge in [0.05, 0.1) is 13.1 Å². The van der Waals surface area contributed by atoms with Crippen molar-refractivity contribution >= 4 is 0 Å². The van der Waals surface area contributed by atoms with E-state index in [1.54, 1.807) is 0 Å². The molecule has 1 atom stereocenters. The van der Waals surface area contributed by atoms with Crippen molar-refractivity contribution in [2.75, 3.05) is 6.54 Å². The van der Waals surface area contributed by atoms with Gasteiger partial charge in [0.25, 0.3) is 0 Å². The van der Waals surface area contributed by atoms with Crippen molar-refractivity contribution in [2.45, 2.75) is 25.4 Å². The van der Waals surface area contributed by atoms with Gasteiger partial charge in [-0.1, -0.05) is 48.4 Å². The zero-order valence-corrected chi connectivity index (χ0v) is 13.9. The van der Waals surface area contributed by atoms with Crippen LogP contribution in [0, 0.1) is 12.3 Å². The Hall–Kier alpha value is -2.90. The van der Waals surface area contributed by atoms with Gasteiger partial charge in [-0.3, -0.25) is 4.90 Å². The molecule has 0 amide bonds. The molecule has 1 aliphatic carbocycles. The Morgan fingerprint density at radius 1 is 1.08 bits per heavy atom. The molecule has 4 heteroatoms. The van der Waals surface area contributed by atoms with Gasteiger partial charge in [-0.2, -0.15) is 0 Å². The normalized spacial score (nSPS) is 15.9. The number of hydrogen-bond acceptors (Lipinski definition) is 4. The fourth-order valence-electron chi connectivity index (χ4n) is 3.50. The highest BCUT2D eigenvalue weighted by atomic mass is 16.4. The van der Waals surface area contributed by atoms with Gasteiger partial charge in [-0.15, -0.1) is 16.6 Å². The predicted octanol–water partition coefficient (Wildman–Crippen LogP) is 3.86. The number of hydrogen-bond donors (Lipinski definition) is 0. The van der Waals surface area contributed by atoms with Crippen LogP contribution < -0.4 is 0 Å². The lowest BCUT2D eigenvalue weighted by molar-refractivity contribution is 0.194. The Bertz CT molecular complexity index is 895. The highest BCUT2D eigenvalue weighted by Crippen LogP contribution is 2.36. The Balaban J connectivity index is 1.56. The Morgan fingerprint density at radius 3 is 2.72 bits per heavy atom. The fraction of sp³-hybridized carbons (Fsp3) is 0.238. The molecule has 2 aromatic carbocycles. The lowest BCUT2D eigenvalue weighted by Gasteiger charge is -2.26. The molecule has 4 rings (SSSR count). The summed E-state index contributed by atoms with van der Waals surface area (Å²) in [5, 5.41) is 8.39. The number of fused-ring (bicyclic) bond motifs is 1. The summed E-state index contributed by atoms with van der Waals surface area (Å²) >= 11 is 0. The molecular weight excluding hydrogens is 310 g/mol. The lowest BCUT2D eigenvalue weighted by Crippen LogP contribution is -2.27. The van der Waals surface area contributed by atoms with Crippen LogP contribution in [0.5, 0.6) is 0 Å². The van der Waals surface area contributed by atoms with E-state index in [1.165, 1.54) is 11.1 Å². The zero-order chi connectivity index (χ0) is 17.1. The molecule has 4 nitrogen and oxygen atoms in total. The van der Waals surface area contributed by atoms with Crippen LogP contribution in [0.4, 0.5) is 0 Å². The van der Waals surface area contributed by atoms with Crippen molar-refractivity contribution in [1.82, 2.24) is 15.1 Å². The van der Waals surface area contributed by atoms with Crippen LogP contribution in [0.15, 0.2) is 59.0 Å². The van der Waals surface area contributed by atoms with E-state index in [4.69, 9.17) is 10.8 Å².